The monoisotopic (exact) mass is 259 g/mol. The maximum Gasteiger partial charge on any atom is 0.305 e. The number of ether oxygens (including phenoxy) is 2. The van der Waals surface area contributed by atoms with Gasteiger partial charge in [0.2, 0.25) is 0 Å². The van der Waals surface area contributed by atoms with Crippen LogP contribution < -0.4 is 5.32 Å². The van der Waals surface area contributed by atoms with E-state index < -0.39 is 0 Å². The van der Waals surface area contributed by atoms with Gasteiger partial charge in [0, 0.05) is 25.7 Å². The highest BCUT2D eigenvalue weighted by Gasteiger charge is 2.00. The van der Waals surface area contributed by atoms with Crippen molar-refractivity contribution in [1.82, 2.24) is 5.32 Å². The number of rotatable bonds is 12. The fraction of sp³-hybridized carbons (Fsp3) is 0.929. The van der Waals surface area contributed by atoms with Crippen molar-refractivity contribution in [2.45, 2.75) is 58.9 Å². The summed E-state index contributed by atoms with van der Waals surface area (Å²) in [5.41, 5.74) is 0. The van der Waals surface area contributed by atoms with Crippen LogP contribution in [0.5, 0.6) is 0 Å². The van der Waals surface area contributed by atoms with Crippen molar-refractivity contribution in [3.63, 3.8) is 0 Å². The maximum atomic E-state index is 11.0. The first kappa shape index (κ1) is 17.4. The van der Waals surface area contributed by atoms with Crippen molar-refractivity contribution in [3.05, 3.63) is 0 Å². The van der Waals surface area contributed by atoms with Crippen molar-refractivity contribution in [1.29, 1.82) is 0 Å². The normalized spacial score (nSPS) is 10.9. The molecule has 4 nitrogen and oxygen atoms in total. The summed E-state index contributed by atoms with van der Waals surface area (Å²) in [4.78, 5) is 11.0. The highest BCUT2D eigenvalue weighted by Crippen LogP contribution is 2.01. The zero-order valence-electron chi connectivity index (χ0n) is 12.2. The molecule has 0 aliphatic carbocycles. The molecule has 0 amide bonds. The lowest BCUT2D eigenvalue weighted by molar-refractivity contribution is -0.143. The Morgan fingerprint density at radius 2 is 1.83 bits per heavy atom. The Bertz CT molecular complexity index is 195. The maximum absolute atomic E-state index is 11.0. The predicted molar refractivity (Wildman–Crippen MR) is 73.7 cm³/mol. The van der Waals surface area contributed by atoms with Crippen molar-refractivity contribution >= 4 is 5.97 Å². The SMILES string of the molecule is CCOC(=O)CCCCCOCCCNC(C)C. The van der Waals surface area contributed by atoms with E-state index in [1.54, 1.807) is 0 Å². The summed E-state index contributed by atoms with van der Waals surface area (Å²) in [5.74, 6) is -0.0850. The Labute approximate surface area is 111 Å². The fourth-order valence-corrected chi connectivity index (χ4v) is 1.55. The highest BCUT2D eigenvalue weighted by atomic mass is 16.5. The summed E-state index contributed by atoms with van der Waals surface area (Å²) in [7, 11) is 0. The Kier molecular flexibility index (Phi) is 12.4. The molecule has 0 heterocycles. The third-order valence-electron chi connectivity index (χ3n) is 2.49. The summed E-state index contributed by atoms with van der Waals surface area (Å²) in [6.45, 7) is 9.23. The van der Waals surface area contributed by atoms with Gasteiger partial charge in [-0.05, 0) is 32.7 Å². The molecule has 4 heteroatoms. The minimum Gasteiger partial charge on any atom is -0.466 e. The molecule has 0 bridgehead atoms. The molecular weight excluding hydrogens is 230 g/mol. The van der Waals surface area contributed by atoms with Gasteiger partial charge in [0.05, 0.1) is 6.61 Å². The predicted octanol–water partition coefficient (Wildman–Crippen LogP) is 2.51. The molecule has 1 N–H and O–H groups in total. The Morgan fingerprint density at radius 3 is 2.50 bits per heavy atom. The molecule has 0 radical (unpaired) electrons. The van der Waals surface area contributed by atoms with Gasteiger partial charge in [-0.15, -0.1) is 0 Å². The first-order chi connectivity index (χ1) is 8.66. The molecule has 0 aliphatic heterocycles. The number of unbranched alkanes of at least 4 members (excludes halogenated alkanes) is 2. The lowest BCUT2D eigenvalue weighted by Gasteiger charge is -2.08. The van der Waals surface area contributed by atoms with Crippen molar-refractivity contribution in [2.75, 3.05) is 26.4 Å². The van der Waals surface area contributed by atoms with Crippen LogP contribution in [0.3, 0.4) is 0 Å². The summed E-state index contributed by atoms with van der Waals surface area (Å²) < 4.78 is 10.4. The molecule has 0 saturated heterocycles. The lowest BCUT2D eigenvalue weighted by atomic mass is 10.2. The minimum absolute atomic E-state index is 0.0850. The van der Waals surface area contributed by atoms with E-state index in [2.05, 4.69) is 19.2 Å². The number of nitrogens with one attached hydrogen (secondary N) is 1. The van der Waals surface area contributed by atoms with E-state index in [1.165, 1.54) is 0 Å². The fourth-order valence-electron chi connectivity index (χ4n) is 1.55. The molecule has 0 aromatic rings. The molecule has 0 aliphatic rings. The first-order valence-corrected chi connectivity index (χ1v) is 7.13. The molecule has 0 fully saturated rings. The molecule has 0 saturated carbocycles. The van der Waals surface area contributed by atoms with Crippen molar-refractivity contribution in [3.8, 4) is 0 Å². The summed E-state index contributed by atoms with van der Waals surface area (Å²) in [6.07, 6.45) is 4.55. The van der Waals surface area contributed by atoms with E-state index >= 15 is 0 Å². The second-order valence-electron chi connectivity index (χ2n) is 4.69. The van der Waals surface area contributed by atoms with Gasteiger partial charge in [0.25, 0.3) is 0 Å². The Hall–Kier alpha value is -0.610. The van der Waals surface area contributed by atoms with E-state index in [-0.39, 0.29) is 5.97 Å². The van der Waals surface area contributed by atoms with Crippen LogP contribution in [0.25, 0.3) is 0 Å². The Morgan fingerprint density at radius 1 is 1.11 bits per heavy atom. The third kappa shape index (κ3) is 13.5. The second kappa shape index (κ2) is 12.8. The van der Waals surface area contributed by atoms with Gasteiger partial charge in [-0.3, -0.25) is 4.79 Å². The van der Waals surface area contributed by atoms with Gasteiger partial charge in [0.15, 0.2) is 0 Å². The first-order valence-electron chi connectivity index (χ1n) is 7.13. The van der Waals surface area contributed by atoms with Gasteiger partial charge >= 0.3 is 5.97 Å². The summed E-state index contributed by atoms with van der Waals surface area (Å²) >= 11 is 0. The molecule has 0 aromatic carbocycles. The molecular formula is C14H29NO3. The summed E-state index contributed by atoms with van der Waals surface area (Å²) in [5, 5.41) is 3.35. The number of carbonyl (C=O) groups excluding carboxylic acids is 1. The van der Waals surface area contributed by atoms with Crippen LogP contribution in [0.4, 0.5) is 0 Å². The van der Waals surface area contributed by atoms with E-state index in [0.29, 0.717) is 19.1 Å². The minimum atomic E-state index is -0.0850. The molecule has 108 valence electrons. The standard InChI is InChI=1S/C14H29NO3/c1-4-18-14(16)9-6-5-7-11-17-12-8-10-15-13(2)3/h13,15H,4-12H2,1-3H3. The molecule has 0 atom stereocenters. The van der Waals surface area contributed by atoms with E-state index in [1.807, 2.05) is 6.92 Å². The quantitative estimate of drug-likeness (QED) is 0.432. The van der Waals surface area contributed by atoms with Crippen LogP contribution in [0, 0.1) is 0 Å². The van der Waals surface area contributed by atoms with Gasteiger partial charge in [-0.25, -0.2) is 0 Å². The highest BCUT2D eigenvalue weighted by molar-refractivity contribution is 5.69. The number of esters is 1. The van der Waals surface area contributed by atoms with E-state index in [9.17, 15) is 4.79 Å². The van der Waals surface area contributed by atoms with Crippen LogP contribution in [0.15, 0.2) is 0 Å². The van der Waals surface area contributed by atoms with E-state index in [0.717, 1.165) is 45.4 Å². The van der Waals surface area contributed by atoms with Crippen molar-refractivity contribution in [2.24, 2.45) is 0 Å². The number of hydrogen-bond donors (Lipinski definition) is 1. The molecule has 0 rings (SSSR count). The summed E-state index contributed by atoms with van der Waals surface area (Å²) in [6, 6.07) is 0.549. The van der Waals surface area contributed by atoms with Gasteiger partial charge in [-0.1, -0.05) is 20.3 Å². The average molecular weight is 259 g/mol. The van der Waals surface area contributed by atoms with Crippen molar-refractivity contribution < 1.29 is 14.3 Å². The number of hydrogen-bond acceptors (Lipinski definition) is 4. The van der Waals surface area contributed by atoms with Gasteiger partial charge in [-0.2, -0.15) is 0 Å². The van der Waals surface area contributed by atoms with E-state index in [4.69, 9.17) is 9.47 Å². The topological polar surface area (TPSA) is 47.6 Å². The van der Waals surface area contributed by atoms with Crippen LogP contribution in [0.1, 0.15) is 52.9 Å². The van der Waals surface area contributed by atoms with Crippen LogP contribution >= 0.6 is 0 Å². The van der Waals surface area contributed by atoms with Crippen LogP contribution in [-0.4, -0.2) is 38.4 Å². The van der Waals surface area contributed by atoms with Crippen LogP contribution in [-0.2, 0) is 14.3 Å². The Balaban J connectivity index is 3.05. The zero-order valence-corrected chi connectivity index (χ0v) is 12.2. The number of carbonyl (C=O) groups is 1. The lowest BCUT2D eigenvalue weighted by Crippen LogP contribution is -2.24. The second-order valence-corrected chi connectivity index (χ2v) is 4.69. The molecule has 0 spiro atoms. The largest absolute Gasteiger partial charge is 0.466 e. The molecule has 0 unspecified atom stereocenters. The average Bonchev–Trinajstić information content (AvgIpc) is 2.31. The smallest absolute Gasteiger partial charge is 0.305 e. The molecule has 18 heavy (non-hydrogen) atoms. The third-order valence-corrected chi connectivity index (χ3v) is 2.49. The van der Waals surface area contributed by atoms with Gasteiger partial charge < -0.3 is 14.8 Å². The molecule has 0 aromatic heterocycles. The zero-order chi connectivity index (χ0) is 13.6. The van der Waals surface area contributed by atoms with Crippen LogP contribution in [0.2, 0.25) is 0 Å². The van der Waals surface area contributed by atoms with Gasteiger partial charge in [0.1, 0.15) is 0 Å².